The van der Waals surface area contributed by atoms with Crippen LogP contribution >= 0.6 is 27.3 Å². The van der Waals surface area contributed by atoms with Crippen LogP contribution in [0.25, 0.3) is 0 Å². The molecule has 0 fully saturated rings. The molecule has 1 aromatic carbocycles. The first-order chi connectivity index (χ1) is 8.20. The van der Waals surface area contributed by atoms with Gasteiger partial charge in [-0.1, -0.05) is 28.1 Å². The van der Waals surface area contributed by atoms with Gasteiger partial charge in [0.1, 0.15) is 0 Å². The number of thiazole rings is 1. The molecule has 1 atom stereocenters. The van der Waals surface area contributed by atoms with E-state index < -0.39 is 0 Å². The molecule has 0 radical (unpaired) electrons. The van der Waals surface area contributed by atoms with Gasteiger partial charge < -0.3 is 5.32 Å². The van der Waals surface area contributed by atoms with Gasteiger partial charge in [-0.05, 0) is 38.1 Å². The van der Waals surface area contributed by atoms with Crippen molar-refractivity contribution in [1.29, 1.82) is 0 Å². The number of hydrogen-bond donors (Lipinski definition) is 1. The monoisotopic (exact) mass is 310 g/mol. The minimum Gasteiger partial charge on any atom is -0.312 e. The Morgan fingerprint density at radius 1 is 1.47 bits per heavy atom. The summed E-state index contributed by atoms with van der Waals surface area (Å²) in [4.78, 5) is 5.64. The lowest BCUT2D eigenvalue weighted by Crippen LogP contribution is -2.18. The van der Waals surface area contributed by atoms with E-state index in [1.807, 2.05) is 12.6 Å². The zero-order valence-electron chi connectivity index (χ0n) is 9.90. The van der Waals surface area contributed by atoms with Crippen molar-refractivity contribution in [2.24, 2.45) is 0 Å². The van der Waals surface area contributed by atoms with Crippen LogP contribution in [0.3, 0.4) is 0 Å². The predicted molar refractivity (Wildman–Crippen MR) is 76.5 cm³/mol. The molecule has 1 aromatic heterocycles. The molecule has 1 unspecified atom stereocenters. The number of aryl methyl sites for hydroxylation is 1. The molecule has 0 amide bonds. The zero-order valence-corrected chi connectivity index (χ0v) is 12.3. The van der Waals surface area contributed by atoms with Crippen LogP contribution < -0.4 is 5.32 Å². The molecular formula is C13H15BrN2S. The molecule has 0 saturated heterocycles. The minimum absolute atomic E-state index is 0.344. The molecule has 4 heteroatoms. The Labute approximate surface area is 114 Å². The zero-order chi connectivity index (χ0) is 12.3. The predicted octanol–water partition coefficient (Wildman–Crippen LogP) is 3.72. The van der Waals surface area contributed by atoms with Crippen molar-refractivity contribution >= 4 is 27.3 Å². The van der Waals surface area contributed by atoms with Gasteiger partial charge in [-0.2, -0.15) is 0 Å². The minimum atomic E-state index is 0.344. The number of aromatic nitrogens is 1. The second-order valence-corrected chi connectivity index (χ2v) is 5.78. The fraction of sp³-hybridized carbons (Fsp3) is 0.308. The van der Waals surface area contributed by atoms with E-state index >= 15 is 0 Å². The summed E-state index contributed by atoms with van der Waals surface area (Å²) in [6, 6.07) is 8.80. The van der Waals surface area contributed by atoms with Gasteiger partial charge in [-0.15, -0.1) is 11.3 Å². The Balaban J connectivity index is 2.19. The highest BCUT2D eigenvalue weighted by atomic mass is 79.9. The highest BCUT2D eigenvalue weighted by Gasteiger charge is 2.14. The SMILES string of the molecule is CNC(Cc1cccc(Br)c1)c1scnc1C. The molecule has 2 rings (SSSR count). The van der Waals surface area contributed by atoms with E-state index in [2.05, 4.69) is 57.4 Å². The van der Waals surface area contributed by atoms with Gasteiger partial charge >= 0.3 is 0 Å². The lowest BCUT2D eigenvalue weighted by Gasteiger charge is -2.15. The van der Waals surface area contributed by atoms with Gasteiger partial charge in [-0.25, -0.2) is 4.98 Å². The first-order valence-electron chi connectivity index (χ1n) is 5.52. The van der Waals surface area contributed by atoms with Crippen LogP contribution in [-0.2, 0) is 6.42 Å². The van der Waals surface area contributed by atoms with Crippen molar-refractivity contribution in [3.8, 4) is 0 Å². The summed E-state index contributed by atoms with van der Waals surface area (Å²) >= 11 is 5.23. The molecule has 17 heavy (non-hydrogen) atoms. The second-order valence-electron chi connectivity index (χ2n) is 3.98. The van der Waals surface area contributed by atoms with Crippen LogP contribution in [0.5, 0.6) is 0 Å². The molecule has 2 aromatic rings. The topological polar surface area (TPSA) is 24.9 Å². The molecule has 0 aliphatic heterocycles. The third-order valence-electron chi connectivity index (χ3n) is 2.78. The Morgan fingerprint density at radius 3 is 2.88 bits per heavy atom. The van der Waals surface area contributed by atoms with Crippen LogP contribution in [-0.4, -0.2) is 12.0 Å². The van der Waals surface area contributed by atoms with Crippen molar-refractivity contribution in [3.63, 3.8) is 0 Å². The average Bonchev–Trinajstić information content (AvgIpc) is 2.72. The normalized spacial score (nSPS) is 12.6. The van der Waals surface area contributed by atoms with Gasteiger partial charge in [0.2, 0.25) is 0 Å². The van der Waals surface area contributed by atoms with Gasteiger partial charge in [-0.3, -0.25) is 0 Å². The van der Waals surface area contributed by atoms with E-state index in [4.69, 9.17) is 0 Å². The third kappa shape index (κ3) is 3.15. The van der Waals surface area contributed by atoms with E-state index in [1.165, 1.54) is 10.4 Å². The van der Waals surface area contributed by atoms with Crippen molar-refractivity contribution in [2.75, 3.05) is 7.05 Å². The summed E-state index contributed by atoms with van der Waals surface area (Å²) < 4.78 is 1.13. The molecule has 90 valence electrons. The Morgan fingerprint density at radius 2 is 2.29 bits per heavy atom. The van der Waals surface area contributed by atoms with Crippen LogP contribution in [0.4, 0.5) is 0 Å². The first-order valence-corrected chi connectivity index (χ1v) is 7.19. The maximum absolute atomic E-state index is 4.31. The summed E-state index contributed by atoms with van der Waals surface area (Å²) in [5.41, 5.74) is 4.37. The van der Waals surface area contributed by atoms with E-state index in [9.17, 15) is 0 Å². The van der Waals surface area contributed by atoms with E-state index in [1.54, 1.807) is 11.3 Å². The summed E-state index contributed by atoms with van der Waals surface area (Å²) in [6.07, 6.45) is 0.985. The maximum atomic E-state index is 4.31. The third-order valence-corrected chi connectivity index (χ3v) is 4.31. The van der Waals surface area contributed by atoms with E-state index in [-0.39, 0.29) is 0 Å². The van der Waals surface area contributed by atoms with Gasteiger partial charge in [0.25, 0.3) is 0 Å². The summed E-state index contributed by atoms with van der Waals surface area (Å²) in [6.45, 7) is 2.07. The number of benzene rings is 1. The maximum Gasteiger partial charge on any atom is 0.0798 e. The van der Waals surface area contributed by atoms with Gasteiger partial charge in [0.05, 0.1) is 11.2 Å². The van der Waals surface area contributed by atoms with Crippen LogP contribution in [0.15, 0.2) is 34.2 Å². The Bertz CT molecular complexity index is 496. The number of rotatable bonds is 4. The highest BCUT2D eigenvalue weighted by molar-refractivity contribution is 9.10. The van der Waals surface area contributed by atoms with Crippen molar-refractivity contribution in [2.45, 2.75) is 19.4 Å². The summed E-state index contributed by atoms with van der Waals surface area (Å²) in [5, 5.41) is 3.37. The standard InChI is InChI=1S/C13H15BrN2S/c1-9-13(17-8-16-9)12(15-2)7-10-4-3-5-11(14)6-10/h3-6,8,12,15H,7H2,1-2H3. The second kappa shape index (κ2) is 5.76. The van der Waals surface area contributed by atoms with E-state index in [0.717, 1.165) is 16.6 Å². The molecule has 0 saturated carbocycles. The van der Waals surface area contributed by atoms with Crippen molar-refractivity contribution in [3.05, 3.63) is 50.4 Å². The van der Waals surface area contributed by atoms with Crippen LogP contribution in [0.2, 0.25) is 0 Å². The number of nitrogens with zero attached hydrogens (tertiary/aromatic N) is 1. The number of nitrogens with one attached hydrogen (secondary N) is 1. The van der Waals surface area contributed by atoms with Crippen molar-refractivity contribution < 1.29 is 0 Å². The lowest BCUT2D eigenvalue weighted by molar-refractivity contribution is 0.597. The molecular weight excluding hydrogens is 296 g/mol. The molecule has 1 heterocycles. The number of hydrogen-bond acceptors (Lipinski definition) is 3. The Kier molecular flexibility index (Phi) is 4.31. The van der Waals surface area contributed by atoms with E-state index in [0.29, 0.717) is 6.04 Å². The fourth-order valence-electron chi connectivity index (χ4n) is 1.87. The molecule has 0 aliphatic rings. The largest absolute Gasteiger partial charge is 0.312 e. The first kappa shape index (κ1) is 12.7. The lowest BCUT2D eigenvalue weighted by atomic mass is 10.0. The number of halogens is 1. The summed E-state index contributed by atoms with van der Waals surface area (Å²) in [7, 11) is 2.00. The Hall–Kier alpha value is -0.710. The molecule has 0 aliphatic carbocycles. The smallest absolute Gasteiger partial charge is 0.0798 e. The fourth-order valence-corrected chi connectivity index (χ4v) is 3.23. The molecule has 1 N–H and O–H groups in total. The van der Waals surface area contributed by atoms with Crippen LogP contribution in [0, 0.1) is 6.92 Å². The number of likely N-dealkylation sites (N-methyl/N-ethyl adjacent to an activating group) is 1. The molecule has 0 spiro atoms. The highest BCUT2D eigenvalue weighted by Crippen LogP contribution is 2.25. The molecule has 0 bridgehead atoms. The van der Waals surface area contributed by atoms with Crippen LogP contribution in [0.1, 0.15) is 22.2 Å². The average molecular weight is 311 g/mol. The van der Waals surface area contributed by atoms with Crippen molar-refractivity contribution in [1.82, 2.24) is 10.3 Å². The molecule has 2 nitrogen and oxygen atoms in total. The van der Waals surface area contributed by atoms with Gasteiger partial charge in [0, 0.05) is 15.4 Å². The quantitative estimate of drug-likeness (QED) is 0.931. The summed E-state index contributed by atoms with van der Waals surface area (Å²) in [5.74, 6) is 0. The van der Waals surface area contributed by atoms with Gasteiger partial charge in [0.15, 0.2) is 0 Å².